The molecule has 1 rings (SSSR count). The molecule has 6 heteroatoms. The van der Waals surface area contributed by atoms with Gasteiger partial charge in [0, 0.05) is 6.42 Å². The van der Waals surface area contributed by atoms with Crippen molar-refractivity contribution < 1.29 is 19.4 Å². The Hall–Kier alpha value is -1.14. The fourth-order valence-corrected chi connectivity index (χ4v) is 1.26. The minimum absolute atomic E-state index is 0.0916. The van der Waals surface area contributed by atoms with Crippen molar-refractivity contribution in [3.63, 3.8) is 0 Å². The molecular weight excluding hydrogens is 200 g/mol. The van der Waals surface area contributed by atoms with Crippen LogP contribution in [0.2, 0.25) is 0 Å². The lowest BCUT2D eigenvalue weighted by atomic mass is 9.99. The van der Waals surface area contributed by atoms with Crippen LogP contribution < -0.4 is 10.6 Å². The highest BCUT2D eigenvalue weighted by Crippen LogP contribution is 2.07. The van der Waals surface area contributed by atoms with E-state index in [4.69, 9.17) is 0 Å². The first-order valence-corrected chi connectivity index (χ1v) is 4.86. The molecule has 3 N–H and O–H groups in total. The number of methoxy groups -OCH3 is 1. The van der Waals surface area contributed by atoms with Crippen molar-refractivity contribution in [2.75, 3.05) is 26.7 Å². The van der Waals surface area contributed by atoms with E-state index in [0.29, 0.717) is 12.3 Å². The van der Waals surface area contributed by atoms with Gasteiger partial charge < -0.3 is 20.5 Å². The molecule has 0 aromatic rings. The number of hydrogen-bond donors (Lipinski definition) is 3. The van der Waals surface area contributed by atoms with Gasteiger partial charge in [-0.1, -0.05) is 0 Å². The summed E-state index contributed by atoms with van der Waals surface area (Å²) in [5.74, 6) is -0.509. The molecule has 0 aliphatic carbocycles. The molecule has 1 atom stereocenters. The highest BCUT2D eigenvalue weighted by molar-refractivity contribution is 5.78. The van der Waals surface area contributed by atoms with Crippen LogP contribution in [-0.2, 0) is 14.3 Å². The van der Waals surface area contributed by atoms with Crippen LogP contribution in [0.3, 0.4) is 0 Å². The average Bonchev–Trinajstić information content (AvgIpc) is 2.18. The lowest BCUT2D eigenvalue weighted by Crippen LogP contribution is -2.45. The second-order valence-electron chi connectivity index (χ2n) is 3.57. The van der Waals surface area contributed by atoms with Crippen LogP contribution in [0.4, 0.5) is 0 Å². The Kier molecular flexibility index (Phi) is 4.51. The third-order valence-corrected chi connectivity index (χ3v) is 2.31. The molecule has 0 aromatic heterocycles. The minimum atomic E-state index is -1.28. The summed E-state index contributed by atoms with van der Waals surface area (Å²) in [6, 6.07) is 0. The van der Waals surface area contributed by atoms with Gasteiger partial charge in [-0.3, -0.25) is 4.79 Å². The van der Waals surface area contributed by atoms with Gasteiger partial charge in [-0.25, -0.2) is 4.79 Å². The highest BCUT2D eigenvalue weighted by Gasteiger charge is 2.21. The van der Waals surface area contributed by atoms with Crippen molar-refractivity contribution in [2.45, 2.75) is 12.5 Å². The molecule has 0 radical (unpaired) electrons. The summed E-state index contributed by atoms with van der Waals surface area (Å²) in [5, 5.41) is 14.7. The summed E-state index contributed by atoms with van der Waals surface area (Å²) in [6.45, 7) is 1.62. The van der Waals surface area contributed by atoms with Crippen LogP contribution in [0.1, 0.15) is 6.42 Å². The van der Waals surface area contributed by atoms with Crippen molar-refractivity contribution in [3.05, 3.63) is 0 Å². The van der Waals surface area contributed by atoms with Crippen LogP contribution in [0.25, 0.3) is 0 Å². The van der Waals surface area contributed by atoms with Gasteiger partial charge in [0.25, 0.3) is 0 Å². The second-order valence-corrected chi connectivity index (χ2v) is 3.57. The maximum atomic E-state index is 11.3. The number of carbonyl (C=O) groups is 2. The zero-order chi connectivity index (χ0) is 11.3. The van der Waals surface area contributed by atoms with E-state index in [1.807, 2.05) is 0 Å². The number of aliphatic hydroxyl groups is 1. The van der Waals surface area contributed by atoms with E-state index in [-0.39, 0.29) is 12.5 Å². The number of aliphatic hydroxyl groups excluding tert-OH is 1. The van der Waals surface area contributed by atoms with Gasteiger partial charge in [-0.15, -0.1) is 0 Å². The largest absolute Gasteiger partial charge is 0.467 e. The number of amides is 1. The number of carbonyl (C=O) groups excluding carboxylic acids is 2. The van der Waals surface area contributed by atoms with Crippen molar-refractivity contribution >= 4 is 11.9 Å². The van der Waals surface area contributed by atoms with E-state index in [9.17, 15) is 14.7 Å². The molecular formula is C9H16N2O4. The molecule has 6 nitrogen and oxygen atoms in total. The minimum Gasteiger partial charge on any atom is -0.467 e. The van der Waals surface area contributed by atoms with E-state index in [1.54, 1.807) is 0 Å². The molecule has 1 heterocycles. The molecule has 1 fully saturated rings. The molecule has 1 saturated heterocycles. The number of rotatable bonds is 5. The number of esters is 1. The molecule has 1 unspecified atom stereocenters. The van der Waals surface area contributed by atoms with E-state index in [0.717, 1.165) is 13.1 Å². The molecule has 1 amide bonds. The van der Waals surface area contributed by atoms with Crippen LogP contribution in [-0.4, -0.2) is 49.8 Å². The zero-order valence-electron chi connectivity index (χ0n) is 8.66. The predicted molar refractivity (Wildman–Crippen MR) is 52.0 cm³/mol. The molecule has 15 heavy (non-hydrogen) atoms. The molecule has 86 valence electrons. The summed E-state index contributed by atoms with van der Waals surface area (Å²) in [6.07, 6.45) is -0.848. The molecule has 1 aliphatic heterocycles. The third kappa shape index (κ3) is 3.85. The van der Waals surface area contributed by atoms with Gasteiger partial charge in [0.15, 0.2) is 6.10 Å². The standard InChI is InChI=1S/C9H16N2O4/c1-15-9(14)7(12)5-11-8(13)2-6-3-10-4-6/h6-7,10,12H,2-5H2,1H3,(H,11,13). The van der Waals surface area contributed by atoms with Gasteiger partial charge in [-0.05, 0) is 19.0 Å². The molecule has 1 aliphatic rings. The first kappa shape index (κ1) is 11.9. The lowest BCUT2D eigenvalue weighted by Gasteiger charge is -2.26. The number of nitrogens with one attached hydrogen (secondary N) is 2. The van der Waals surface area contributed by atoms with Gasteiger partial charge in [0.1, 0.15) is 0 Å². The Balaban J connectivity index is 2.12. The van der Waals surface area contributed by atoms with Crippen molar-refractivity contribution in [2.24, 2.45) is 5.92 Å². The van der Waals surface area contributed by atoms with E-state index in [2.05, 4.69) is 15.4 Å². The SMILES string of the molecule is COC(=O)C(O)CNC(=O)CC1CNC1. The Bertz CT molecular complexity index is 240. The average molecular weight is 216 g/mol. The Morgan fingerprint density at radius 2 is 2.27 bits per heavy atom. The monoisotopic (exact) mass is 216 g/mol. The first-order chi connectivity index (χ1) is 7.13. The quantitative estimate of drug-likeness (QED) is 0.474. The maximum Gasteiger partial charge on any atom is 0.336 e. The Morgan fingerprint density at radius 3 is 2.73 bits per heavy atom. The molecule has 0 bridgehead atoms. The Labute approximate surface area is 88.0 Å². The van der Waals surface area contributed by atoms with Gasteiger partial charge >= 0.3 is 5.97 Å². The number of ether oxygens (including phenoxy) is 1. The summed E-state index contributed by atoms with van der Waals surface area (Å²) in [7, 11) is 1.19. The van der Waals surface area contributed by atoms with Crippen LogP contribution in [0.5, 0.6) is 0 Å². The van der Waals surface area contributed by atoms with E-state index >= 15 is 0 Å². The second kappa shape index (κ2) is 5.67. The van der Waals surface area contributed by atoms with Crippen LogP contribution >= 0.6 is 0 Å². The van der Waals surface area contributed by atoms with Crippen molar-refractivity contribution in [1.82, 2.24) is 10.6 Å². The molecule has 0 saturated carbocycles. The highest BCUT2D eigenvalue weighted by atomic mass is 16.5. The fraction of sp³-hybridized carbons (Fsp3) is 0.778. The Morgan fingerprint density at radius 1 is 1.60 bits per heavy atom. The van der Waals surface area contributed by atoms with Crippen molar-refractivity contribution in [3.8, 4) is 0 Å². The summed E-state index contributed by atoms with van der Waals surface area (Å²) >= 11 is 0. The van der Waals surface area contributed by atoms with Crippen LogP contribution in [0, 0.1) is 5.92 Å². The fourth-order valence-electron chi connectivity index (χ4n) is 1.26. The van der Waals surface area contributed by atoms with Gasteiger partial charge in [0.2, 0.25) is 5.91 Å². The molecule has 0 aromatic carbocycles. The smallest absolute Gasteiger partial charge is 0.336 e. The number of hydrogen-bond acceptors (Lipinski definition) is 5. The molecule has 0 spiro atoms. The summed E-state index contributed by atoms with van der Waals surface area (Å²) in [4.78, 5) is 22.0. The topological polar surface area (TPSA) is 87.7 Å². The van der Waals surface area contributed by atoms with Crippen molar-refractivity contribution in [1.29, 1.82) is 0 Å². The summed E-state index contributed by atoms with van der Waals surface area (Å²) < 4.78 is 4.31. The first-order valence-electron chi connectivity index (χ1n) is 4.86. The summed E-state index contributed by atoms with van der Waals surface area (Å²) in [5.41, 5.74) is 0. The lowest BCUT2D eigenvalue weighted by molar-refractivity contribution is -0.150. The van der Waals surface area contributed by atoms with Crippen LogP contribution in [0.15, 0.2) is 0 Å². The van der Waals surface area contributed by atoms with Gasteiger partial charge in [-0.2, -0.15) is 0 Å². The zero-order valence-corrected chi connectivity index (χ0v) is 8.66. The van der Waals surface area contributed by atoms with E-state index in [1.165, 1.54) is 7.11 Å². The van der Waals surface area contributed by atoms with Gasteiger partial charge in [0.05, 0.1) is 13.7 Å². The maximum absolute atomic E-state index is 11.3. The normalized spacial score (nSPS) is 17.7. The predicted octanol–water partition coefficient (Wildman–Crippen LogP) is -1.75. The van der Waals surface area contributed by atoms with E-state index < -0.39 is 12.1 Å². The third-order valence-electron chi connectivity index (χ3n) is 2.31.